The largest absolute Gasteiger partial charge is 0.463 e. The predicted molar refractivity (Wildman–Crippen MR) is 33.6 cm³/mol. The Morgan fingerprint density at radius 3 is 1.80 bits per heavy atom. The van der Waals surface area contributed by atoms with Crippen LogP contribution in [0.25, 0.3) is 0 Å². The highest BCUT2D eigenvalue weighted by atomic mass is 19.4. The first kappa shape index (κ1) is 11.9. The van der Waals surface area contributed by atoms with Gasteiger partial charge in [-0.3, -0.25) is 0 Å². The van der Waals surface area contributed by atoms with Crippen LogP contribution in [0.15, 0.2) is 22.8 Å². The van der Waals surface area contributed by atoms with E-state index in [1.165, 1.54) is 0 Å². The molecule has 0 fully saturated rings. The minimum absolute atomic E-state index is 0.347. The van der Waals surface area contributed by atoms with Crippen LogP contribution in [0, 0.1) is 0 Å². The van der Waals surface area contributed by atoms with E-state index in [4.69, 9.17) is 0 Å². The first-order chi connectivity index (χ1) is 6.61. The molecule has 15 heavy (non-hydrogen) atoms. The third-order valence-corrected chi connectivity index (χ3v) is 1.58. The van der Waals surface area contributed by atoms with Gasteiger partial charge >= 0.3 is 18.0 Å². The summed E-state index contributed by atoms with van der Waals surface area (Å²) in [5.74, 6) is -13.3. The molecule has 0 unspecified atom stereocenters. The second-order valence-electron chi connectivity index (χ2n) is 2.62. The van der Waals surface area contributed by atoms with E-state index < -0.39 is 23.8 Å². The molecule has 86 valence electrons. The van der Waals surface area contributed by atoms with Crippen LogP contribution in [-0.2, 0) is 5.92 Å². The minimum Gasteiger partial charge on any atom is -0.463 e. The van der Waals surface area contributed by atoms with Crippen molar-refractivity contribution in [3.63, 3.8) is 0 Å². The Morgan fingerprint density at radius 1 is 0.933 bits per heavy atom. The predicted octanol–water partition coefficient (Wildman–Crippen LogP) is 3.57. The summed E-state index contributed by atoms with van der Waals surface area (Å²) in [6.07, 6.45) is -5.76. The fourth-order valence-electron chi connectivity index (χ4n) is 0.790. The molecule has 0 saturated carbocycles. The van der Waals surface area contributed by atoms with Gasteiger partial charge in [0.25, 0.3) is 0 Å². The average Bonchev–Trinajstić information content (AvgIpc) is 2.53. The summed E-state index contributed by atoms with van der Waals surface area (Å²) >= 11 is 0. The molecule has 0 aliphatic carbocycles. The lowest BCUT2D eigenvalue weighted by molar-refractivity contribution is -0.363. The van der Waals surface area contributed by atoms with Gasteiger partial charge in [0.05, 0.1) is 6.26 Å². The van der Waals surface area contributed by atoms with Crippen LogP contribution in [-0.4, -0.2) is 12.1 Å². The average molecular weight is 236 g/mol. The first-order valence-corrected chi connectivity index (χ1v) is 3.47. The molecule has 0 bridgehead atoms. The van der Waals surface area contributed by atoms with Crippen molar-refractivity contribution < 1.29 is 35.2 Å². The van der Waals surface area contributed by atoms with E-state index >= 15 is 0 Å². The van der Waals surface area contributed by atoms with Gasteiger partial charge in [-0.15, -0.1) is 0 Å². The molecule has 0 atom stereocenters. The van der Waals surface area contributed by atoms with Gasteiger partial charge in [-0.05, 0) is 12.1 Å². The summed E-state index contributed by atoms with van der Waals surface area (Å²) in [4.78, 5) is 0. The van der Waals surface area contributed by atoms with E-state index in [1.54, 1.807) is 0 Å². The van der Waals surface area contributed by atoms with Gasteiger partial charge in [0, 0.05) is 0 Å². The molecule has 0 amide bonds. The van der Waals surface area contributed by atoms with Crippen LogP contribution in [0.5, 0.6) is 0 Å². The van der Waals surface area contributed by atoms with Crippen LogP contribution in [0.3, 0.4) is 0 Å². The fourth-order valence-corrected chi connectivity index (χ4v) is 0.790. The van der Waals surface area contributed by atoms with Crippen molar-refractivity contribution >= 4 is 0 Å². The lowest BCUT2D eigenvalue weighted by Crippen LogP contribution is -2.49. The number of rotatable bonds is 2. The molecule has 0 aliphatic heterocycles. The number of alkyl halides is 7. The number of halogens is 7. The zero-order valence-corrected chi connectivity index (χ0v) is 6.79. The van der Waals surface area contributed by atoms with Crippen molar-refractivity contribution in [1.29, 1.82) is 0 Å². The van der Waals surface area contributed by atoms with E-state index in [1.807, 2.05) is 0 Å². The summed E-state index contributed by atoms with van der Waals surface area (Å²) in [7, 11) is 0. The van der Waals surface area contributed by atoms with Crippen molar-refractivity contribution in [3.8, 4) is 0 Å². The topological polar surface area (TPSA) is 13.1 Å². The minimum atomic E-state index is -6.34. The first-order valence-electron chi connectivity index (χ1n) is 3.47. The molecule has 1 aromatic heterocycles. The van der Waals surface area contributed by atoms with Crippen LogP contribution in [0.4, 0.5) is 30.7 Å². The highest BCUT2D eigenvalue weighted by Crippen LogP contribution is 2.51. The molecular weight excluding hydrogens is 233 g/mol. The van der Waals surface area contributed by atoms with Crippen molar-refractivity contribution in [2.45, 2.75) is 18.0 Å². The molecule has 0 aliphatic rings. The van der Waals surface area contributed by atoms with Gasteiger partial charge in [0.2, 0.25) is 0 Å². The van der Waals surface area contributed by atoms with Crippen LogP contribution >= 0.6 is 0 Å². The monoisotopic (exact) mass is 236 g/mol. The standard InChI is InChI=1S/C7H3F7O/c8-5(9,4-2-1-3-15-4)6(10,11)7(12,13)14/h1-3H. The van der Waals surface area contributed by atoms with E-state index in [9.17, 15) is 30.7 Å². The summed E-state index contributed by atoms with van der Waals surface area (Å²) in [6, 6.07) is 1.13. The molecule has 0 saturated heterocycles. The highest BCUT2D eigenvalue weighted by Gasteiger charge is 2.74. The van der Waals surface area contributed by atoms with Gasteiger partial charge in [-0.1, -0.05) is 0 Å². The van der Waals surface area contributed by atoms with Gasteiger partial charge in [-0.25, -0.2) is 0 Å². The molecule has 1 aromatic rings. The molecular formula is C7H3F7O. The normalized spacial score (nSPS) is 14.3. The van der Waals surface area contributed by atoms with Gasteiger partial charge in [-0.2, -0.15) is 30.7 Å². The van der Waals surface area contributed by atoms with Gasteiger partial charge < -0.3 is 4.42 Å². The Kier molecular flexibility index (Phi) is 2.48. The maximum absolute atomic E-state index is 12.7. The van der Waals surface area contributed by atoms with Crippen molar-refractivity contribution in [2.24, 2.45) is 0 Å². The Bertz CT molecular complexity index is 324. The highest BCUT2D eigenvalue weighted by molar-refractivity contribution is 5.11. The van der Waals surface area contributed by atoms with Crippen molar-refractivity contribution in [1.82, 2.24) is 0 Å². The van der Waals surface area contributed by atoms with Gasteiger partial charge in [0.15, 0.2) is 5.76 Å². The molecule has 1 nitrogen and oxygen atoms in total. The van der Waals surface area contributed by atoms with Crippen LogP contribution < -0.4 is 0 Å². The van der Waals surface area contributed by atoms with E-state index in [2.05, 4.69) is 4.42 Å². The maximum Gasteiger partial charge on any atom is 0.460 e. The molecule has 8 heteroatoms. The lowest BCUT2D eigenvalue weighted by atomic mass is 10.1. The summed E-state index contributed by atoms with van der Waals surface area (Å²) in [5.41, 5.74) is 0. The second-order valence-corrected chi connectivity index (χ2v) is 2.62. The molecule has 1 heterocycles. The summed E-state index contributed by atoms with van der Waals surface area (Å²) in [6.45, 7) is 0. The van der Waals surface area contributed by atoms with Crippen molar-refractivity contribution in [3.05, 3.63) is 24.2 Å². The SMILES string of the molecule is FC(F)(F)C(F)(F)C(F)(F)c1ccco1. The molecule has 0 aromatic carbocycles. The van der Waals surface area contributed by atoms with Crippen LogP contribution in [0.2, 0.25) is 0 Å². The molecule has 0 radical (unpaired) electrons. The zero-order valence-electron chi connectivity index (χ0n) is 6.79. The number of hydrogen-bond acceptors (Lipinski definition) is 1. The molecule has 1 rings (SSSR count). The maximum atomic E-state index is 12.7. The molecule has 0 N–H and O–H groups in total. The summed E-state index contributed by atoms with van der Waals surface area (Å²) in [5, 5.41) is 0. The van der Waals surface area contributed by atoms with E-state index in [0.717, 1.165) is 6.07 Å². The Hall–Kier alpha value is -1.21. The summed E-state index contributed by atoms with van der Waals surface area (Å²) < 4.78 is 88.9. The number of hydrogen-bond donors (Lipinski definition) is 0. The van der Waals surface area contributed by atoms with Gasteiger partial charge in [0.1, 0.15) is 0 Å². The third kappa shape index (κ3) is 1.68. The quantitative estimate of drug-likeness (QED) is 0.715. The molecule has 0 spiro atoms. The second kappa shape index (κ2) is 3.14. The third-order valence-electron chi connectivity index (χ3n) is 1.58. The Morgan fingerprint density at radius 2 is 1.47 bits per heavy atom. The fraction of sp³-hybridized carbons (Fsp3) is 0.429. The Labute approximate surface area is 78.5 Å². The Balaban J connectivity index is 3.17. The lowest BCUT2D eigenvalue weighted by Gasteiger charge is -2.26. The number of furan rings is 1. The van der Waals surface area contributed by atoms with Crippen LogP contribution in [0.1, 0.15) is 5.76 Å². The van der Waals surface area contributed by atoms with E-state index in [-0.39, 0.29) is 0 Å². The van der Waals surface area contributed by atoms with Crippen molar-refractivity contribution in [2.75, 3.05) is 0 Å². The zero-order chi connectivity index (χ0) is 11.9. The smallest absolute Gasteiger partial charge is 0.460 e. The van der Waals surface area contributed by atoms with E-state index in [0.29, 0.717) is 12.3 Å².